The molecule has 122 valence electrons. The summed E-state index contributed by atoms with van der Waals surface area (Å²) in [5.41, 5.74) is 5.16. The van der Waals surface area contributed by atoms with Crippen molar-refractivity contribution >= 4 is 5.97 Å². The Morgan fingerprint density at radius 1 is 1.38 bits per heavy atom. The summed E-state index contributed by atoms with van der Waals surface area (Å²) < 4.78 is 10.2. The fourth-order valence-corrected chi connectivity index (χ4v) is 1.93. The van der Waals surface area contributed by atoms with Gasteiger partial charge in [-0.05, 0) is 5.92 Å². The third kappa shape index (κ3) is 4.77. The molecule has 0 aromatic rings. The first-order chi connectivity index (χ1) is 9.73. The minimum absolute atomic E-state index is 0.0208. The molecular weight excluding hydrogens is 288 g/mol. The van der Waals surface area contributed by atoms with Crippen LogP contribution < -0.4 is 5.73 Å². The molecule has 4 N–H and O–H groups in total. The molecule has 2 aliphatic heterocycles. The predicted octanol–water partition coefficient (Wildman–Crippen LogP) is -1.22. The fraction of sp³-hybridized carbons (Fsp3) is 0.909. The van der Waals surface area contributed by atoms with E-state index in [1.165, 1.54) is 0 Å². The molecule has 2 fully saturated rings. The molecule has 0 aromatic heterocycles. The van der Waals surface area contributed by atoms with Crippen LogP contribution in [-0.2, 0) is 19.1 Å². The second-order valence-electron chi connectivity index (χ2n) is 5.14. The molecular formula is C11H20N2O8. The second kappa shape index (κ2) is 7.50. The molecule has 0 aliphatic carbocycles. The maximum absolute atomic E-state index is 10.0. The van der Waals surface area contributed by atoms with Crippen LogP contribution in [0.25, 0.3) is 0 Å². The van der Waals surface area contributed by atoms with Crippen molar-refractivity contribution in [1.82, 2.24) is 0 Å². The summed E-state index contributed by atoms with van der Waals surface area (Å²) in [4.78, 5) is 24.4. The van der Waals surface area contributed by atoms with Gasteiger partial charge in [-0.1, -0.05) is 13.8 Å². The Morgan fingerprint density at radius 3 is 2.38 bits per heavy atom. The lowest BCUT2D eigenvalue weighted by molar-refractivity contribution is -0.769. The van der Waals surface area contributed by atoms with E-state index in [-0.39, 0.29) is 19.1 Å². The lowest BCUT2D eigenvalue weighted by atomic mass is 10.1. The molecule has 0 saturated carbocycles. The normalized spacial score (nSPS) is 32.0. The summed E-state index contributed by atoms with van der Waals surface area (Å²) in [5.74, 6) is -0.910. The van der Waals surface area contributed by atoms with Crippen molar-refractivity contribution in [3.05, 3.63) is 10.1 Å². The SMILES string of the molecule is CC(C)[C@H](N)C(=O)O.O=[N+]([O-])O[C@@H]1CO[C@H]2[C@@H]1OC[C@@H]2O. The summed E-state index contributed by atoms with van der Waals surface area (Å²) in [7, 11) is 0. The van der Waals surface area contributed by atoms with Crippen LogP contribution in [0.1, 0.15) is 13.8 Å². The van der Waals surface area contributed by atoms with Crippen LogP contribution in [0.2, 0.25) is 0 Å². The highest BCUT2D eigenvalue weighted by Gasteiger charge is 2.48. The van der Waals surface area contributed by atoms with Crippen LogP contribution in [0.5, 0.6) is 0 Å². The average molecular weight is 308 g/mol. The van der Waals surface area contributed by atoms with Crippen molar-refractivity contribution in [3.8, 4) is 0 Å². The molecule has 2 rings (SSSR count). The van der Waals surface area contributed by atoms with E-state index >= 15 is 0 Å². The van der Waals surface area contributed by atoms with Crippen LogP contribution in [0.4, 0.5) is 0 Å². The quantitative estimate of drug-likeness (QED) is 0.428. The Hall–Kier alpha value is -1.49. The fourth-order valence-electron chi connectivity index (χ4n) is 1.93. The highest BCUT2D eigenvalue weighted by Crippen LogP contribution is 2.28. The lowest BCUT2D eigenvalue weighted by Gasteiger charge is -2.12. The van der Waals surface area contributed by atoms with Gasteiger partial charge in [0.1, 0.15) is 24.4 Å². The van der Waals surface area contributed by atoms with Crippen molar-refractivity contribution < 1.29 is 34.4 Å². The number of carboxylic acid groups (broad SMARTS) is 1. The van der Waals surface area contributed by atoms with Crippen molar-refractivity contribution in [3.63, 3.8) is 0 Å². The maximum Gasteiger partial charge on any atom is 0.320 e. The number of aliphatic hydroxyl groups excluding tert-OH is 1. The van der Waals surface area contributed by atoms with E-state index in [0.717, 1.165) is 0 Å². The molecule has 10 heteroatoms. The van der Waals surface area contributed by atoms with E-state index in [4.69, 9.17) is 20.3 Å². The Balaban J connectivity index is 0.000000240. The van der Waals surface area contributed by atoms with Gasteiger partial charge >= 0.3 is 5.97 Å². The van der Waals surface area contributed by atoms with Crippen molar-refractivity contribution in [1.29, 1.82) is 0 Å². The first-order valence-electron chi connectivity index (χ1n) is 6.44. The molecule has 0 unspecified atom stereocenters. The van der Waals surface area contributed by atoms with Crippen LogP contribution in [0.15, 0.2) is 0 Å². The average Bonchev–Trinajstić information content (AvgIpc) is 2.93. The van der Waals surface area contributed by atoms with Gasteiger partial charge in [0.05, 0.1) is 13.2 Å². The number of hydrogen-bond acceptors (Lipinski definition) is 8. The summed E-state index contributed by atoms with van der Waals surface area (Å²) in [5, 5.41) is 26.7. The molecule has 0 spiro atoms. The first kappa shape index (κ1) is 17.6. The van der Waals surface area contributed by atoms with Crippen molar-refractivity contribution in [2.45, 2.75) is 44.3 Å². The van der Waals surface area contributed by atoms with Crippen LogP contribution in [0, 0.1) is 16.0 Å². The zero-order chi connectivity index (χ0) is 16.2. The topological polar surface area (TPSA) is 154 Å². The number of nitrogens with zero attached hydrogens (tertiary/aromatic N) is 1. The third-order valence-electron chi connectivity index (χ3n) is 3.21. The molecule has 5 atom stereocenters. The maximum atomic E-state index is 10.0. The summed E-state index contributed by atoms with van der Waals surface area (Å²) in [6.07, 6.45) is -2.41. The largest absolute Gasteiger partial charge is 0.480 e. The smallest absolute Gasteiger partial charge is 0.320 e. The summed E-state index contributed by atoms with van der Waals surface area (Å²) >= 11 is 0. The van der Waals surface area contributed by atoms with Gasteiger partial charge in [0.15, 0.2) is 6.10 Å². The molecule has 0 bridgehead atoms. The number of carboxylic acids is 1. The van der Waals surface area contributed by atoms with E-state index < -0.39 is 41.5 Å². The number of ether oxygens (including phenoxy) is 2. The number of rotatable bonds is 4. The summed E-state index contributed by atoms with van der Waals surface area (Å²) in [6, 6.07) is -0.713. The van der Waals surface area contributed by atoms with E-state index in [1.807, 2.05) is 0 Å². The molecule has 21 heavy (non-hydrogen) atoms. The van der Waals surface area contributed by atoms with Gasteiger partial charge in [-0.2, -0.15) is 0 Å². The van der Waals surface area contributed by atoms with Gasteiger partial charge in [0.2, 0.25) is 0 Å². The Labute approximate surface area is 120 Å². The monoisotopic (exact) mass is 308 g/mol. The number of fused-ring (bicyclic) bond motifs is 1. The van der Waals surface area contributed by atoms with E-state index in [1.54, 1.807) is 13.8 Å². The summed E-state index contributed by atoms with van der Waals surface area (Å²) in [6.45, 7) is 3.79. The van der Waals surface area contributed by atoms with Crippen LogP contribution in [-0.4, -0.2) is 64.9 Å². The van der Waals surface area contributed by atoms with Gasteiger partial charge in [0.25, 0.3) is 5.09 Å². The number of carbonyl (C=O) groups is 1. The van der Waals surface area contributed by atoms with Gasteiger partial charge in [-0.25, -0.2) is 0 Å². The van der Waals surface area contributed by atoms with Gasteiger partial charge in [0, 0.05) is 0 Å². The van der Waals surface area contributed by atoms with Crippen LogP contribution in [0.3, 0.4) is 0 Å². The zero-order valence-corrected chi connectivity index (χ0v) is 11.7. The van der Waals surface area contributed by atoms with Crippen molar-refractivity contribution in [2.75, 3.05) is 13.2 Å². The molecule has 2 saturated heterocycles. The van der Waals surface area contributed by atoms with Crippen LogP contribution >= 0.6 is 0 Å². The molecule has 0 aromatic carbocycles. The lowest BCUT2D eigenvalue weighted by Crippen LogP contribution is -2.34. The predicted molar refractivity (Wildman–Crippen MR) is 67.8 cm³/mol. The molecule has 2 aliphatic rings. The molecule has 10 nitrogen and oxygen atoms in total. The number of hydrogen-bond donors (Lipinski definition) is 3. The van der Waals surface area contributed by atoms with E-state index in [9.17, 15) is 20.0 Å². The Kier molecular flexibility index (Phi) is 6.27. The van der Waals surface area contributed by atoms with Gasteiger partial charge in [-0.3, -0.25) is 4.79 Å². The molecule has 0 amide bonds. The number of nitrogens with two attached hydrogens (primary N) is 1. The number of aliphatic hydroxyl groups is 1. The molecule has 0 radical (unpaired) electrons. The van der Waals surface area contributed by atoms with E-state index in [2.05, 4.69) is 4.84 Å². The van der Waals surface area contributed by atoms with Gasteiger partial charge in [-0.15, -0.1) is 10.1 Å². The highest BCUT2D eigenvalue weighted by molar-refractivity contribution is 5.73. The van der Waals surface area contributed by atoms with E-state index in [0.29, 0.717) is 0 Å². The number of aliphatic carboxylic acids is 1. The minimum atomic E-state index is -0.931. The highest BCUT2D eigenvalue weighted by atomic mass is 17.0. The van der Waals surface area contributed by atoms with Crippen molar-refractivity contribution in [2.24, 2.45) is 11.7 Å². The molecule has 2 heterocycles. The minimum Gasteiger partial charge on any atom is -0.480 e. The standard InChI is InChI=1S/C6H9NO6.C5H11NO2/c8-3-1-11-6-4(13-7(9)10)2-12-5(3)6;1-3(2)4(6)5(7)8/h3-6,8H,1-2H2;3-4H,6H2,1-2H3,(H,7,8)/t3-,4+,5+,6+;4-/m00/s1. The van der Waals surface area contributed by atoms with Gasteiger partial charge < -0.3 is 30.3 Å². The third-order valence-corrected chi connectivity index (χ3v) is 3.21. The second-order valence-corrected chi connectivity index (χ2v) is 5.14. The first-order valence-corrected chi connectivity index (χ1v) is 6.44. The Morgan fingerprint density at radius 2 is 1.95 bits per heavy atom. The Bertz CT molecular complexity index is 377. The zero-order valence-electron chi connectivity index (χ0n) is 11.7.